The van der Waals surface area contributed by atoms with Gasteiger partial charge in [-0.3, -0.25) is 9.59 Å². The molecule has 30 heavy (non-hydrogen) atoms. The van der Waals surface area contributed by atoms with Crippen molar-refractivity contribution >= 4 is 23.5 Å². The largest absolute Gasteiger partial charge is 0.465 e. The lowest BCUT2D eigenvalue weighted by atomic mass is 9.82. The number of benzene rings is 3. The third-order valence-corrected chi connectivity index (χ3v) is 4.89. The van der Waals surface area contributed by atoms with Crippen molar-refractivity contribution in [2.45, 2.75) is 6.61 Å². The molecule has 0 aliphatic heterocycles. The molecule has 1 aliphatic rings. The van der Waals surface area contributed by atoms with E-state index < -0.39 is 11.9 Å². The van der Waals surface area contributed by atoms with Gasteiger partial charge in [-0.2, -0.15) is 0 Å². The van der Waals surface area contributed by atoms with Gasteiger partial charge in [-0.15, -0.1) is 0 Å². The van der Waals surface area contributed by atoms with E-state index in [0.717, 1.165) is 0 Å². The maximum Gasteiger partial charge on any atom is 0.339 e. The summed E-state index contributed by atoms with van der Waals surface area (Å²) in [5.74, 6) is -1.92. The second-order valence-electron chi connectivity index (χ2n) is 6.70. The number of carbonyl (C=O) groups is 4. The summed E-state index contributed by atoms with van der Waals surface area (Å²) in [6, 6.07) is 17.6. The minimum Gasteiger partial charge on any atom is -0.465 e. The van der Waals surface area contributed by atoms with Crippen LogP contribution in [0, 0.1) is 0 Å². The zero-order valence-corrected chi connectivity index (χ0v) is 16.0. The highest BCUT2D eigenvalue weighted by molar-refractivity contribution is 6.30. The zero-order chi connectivity index (χ0) is 21.3. The Morgan fingerprint density at radius 3 is 2.17 bits per heavy atom. The Kier molecular flexibility index (Phi) is 4.98. The predicted octanol–water partition coefficient (Wildman–Crippen LogP) is 3.61. The molecular weight excluding hydrogens is 384 g/mol. The minimum absolute atomic E-state index is 0.0319. The van der Waals surface area contributed by atoms with Crippen molar-refractivity contribution in [1.82, 2.24) is 0 Å². The molecule has 0 spiro atoms. The van der Waals surface area contributed by atoms with Crippen LogP contribution >= 0.6 is 0 Å². The molecule has 4 rings (SSSR count). The molecular formula is C24H16O6. The second-order valence-corrected chi connectivity index (χ2v) is 6.70. The Labute approximate surface area is 172 Å². The Morgan fingerprint density at radius 2 is 1.43 bits per heavy atom. The van der Waals surface area contributed by atoms with Gasteiger partial charge in [-0.05, 0) is 23.8 Å². The van der Waals surface area contributed by atoms with Crippen LogP contribution in [0.4, 0.5) is 0 Å². The average Bonchev–Trinajstić information content (AvgIpc) is 2.80. The lowest BCUT2D eigenvalue weighted by molar-refractivity contribution is 0.0470. The van der Waals surface area contributed by atoms with Gasteiger partial charge in [0.2, 0.25) is 0 Å². The molecule has 0 unspecified atom stereocenters. The minimum atomic E-state index is -0.726. The van der Waals surface area contributed by atoms with Gasteiger partial charge in [0, 0.05) is 22.3 Å². The lowest BCUT2D eigenvalue weighted by Gasteiger charge is -2.19. The fourth-order valence-electron chi connectivity index (χ4n) is 3.45. The van der Waals surface area contributed by atoms with E-state index in [0.29, 0.717) is 16.7 Å². The van der Waals surface area contributed by atoms with Crippen LogP contribution in [0.15, 0.2) is 66.7 Å². The van der Waals surface area contributed by atoms with Gasteiger partial charge >= 0.3 is 11.9 Å². The quantitative estimate of drug-likeness (QED) is 0.487. The fourth-order valence-corrected chi connectivity index (χ4v) is 3.45. The number of esters is 2. The number of fused-ring (bicyclic) bond motifs is 2. The first kappa shape index (κ1) is 19.3. The molecule has 0 amide bonds. The molecule has 0 N–H and O–H groups in total. The van der Waals surface area contributed by atoms with Crippen LogP contribution in [0.2, 0.25) is 0 Å². The van der Waals surface area contributed by atoms with Crippen LogP contribution in [-0.4, -0.2) is 30.6 Å². The third kappa shape index (κ3) is 3.28. The summed E-state index contributed by atoms with van der Waals surface area (Å²) < 4.78 is 10.0. The standard InChI is InChI=1S/C24H16O6/c1-29-23(27)15-7-4-6-14(12-15)13-30-24(28)19-11-5-10-18-20(19)22(26)17-9-3-2-8-16(17)21(18)25/h2-12H,13H2,1H3. The number of ketones is 2. The van der Waals surface area contributed by atoms with Crippen LogP contribution in [0.5, 0.6) is 0 Å². The van der Waals surface area contributed by atoms with Gasteiger partial charge in [0.1, 0.15) is 6.61 Å². The Morgan fingerprint density at radius 1 is 0.767 bits per heavy atom. The summed E-state index contributed by atoms with van der Waals surface area (Å²) in [5, 5.41) is 0. The van der Waals surface area contributed by atoms with Gasteiger partial charge in [0.05, 0.1) is 18.2 Å². The van der Waals surface area contributed by atoms with Gasteiger partial charge in [0.25, 0.3) is 0 Å². The van der Waals surface area contributed by atoms with E-state index in [4.69, 9.17) is 4.74 Å². The topological polar surface area (TPSA) is 86.7 Å². The first-order valence-electron chi connectivity index (χ1n) is 9.17. The first-order chi connectivity index (χ1) is 14.5. The fraction of sp³-hybridized carbons (Fsp3) is 0.0833. The van der Waals surface area contributed by atoms with Crippen LogP contribution in [0.25, 0.3) is 0 Å². The highest BCUT2D eigenvalue weighted by Crippen LogP contribution is 2.30. The van der Waals surface area contributed by atoms with Crippen LogP contribution in [-0.2, 0) is 16.1 Å². The summed E-state index contributed by atoms with van der Waals surface area (Å²) in [6.45, 7) is -0.105. The number of methoxy groups -OCH3 is 1. The molecule has 3 aromatic rings. The van der Waals surface area contributed by atoms with Gasteiger partial charge in [-0.25, -0.2) is 9.59 Å². The Bertz CT molecular complexity index is 1210. The molecule has 6 heteroatoms. The Balaban J connectivity index is 1.62. The summed E-state index contributed by atoms with van der Waals surface area (Å²) in [4.78, 5) is 50.2. The van der Waals surface area contributed by atoms with Crippen molar-refractivity contribution < 1.29 is 28.7 Å². The predicted molar refractivity (Wildman–Crippen MR) is 107 cm³/mol. The molecule has 0 atom stereocenters. The van der Waals surface area contributed by atoms with Crippen molar-refractivity contribution in [1.29, 1.82) is 0 Å². The van der Waals surface area contributed by atoms with E-state index in [-0.39, 0.29) is 40.4 Å². The lowest BCUT2D eigenvalue weighted by Crippen LogP contribution is -2.24. The highest BCUT2D eigenvalue weighted by Gasteiger charge is 2.33. The number of hydrogen-bond donors (Lipinski definition) is 0. The SMILES string of the molecule is COC(=O)c1cccc(COC(=O)c2cccc3c2C(=O)c2ccccc2C3=O)c1. The maximum absolute atomic E-state index is 13.0. The van der Waals surface area contributed by atoms with E-state index in [1.54, 1.807) is 54.6 Å². The molecule has 148 valence electrons. The first-order valence-corrected chi connectivity index (χ1v) is 9.17. The molecule has 0 saturated heterocycles. The average molecular weight is 400 g/mol. The van der Waals surface area contributed by atoms with Crippen molar-refractivity contribution in [2.75, 3.05) is 7.11 Å². The summed E-state index contributed by atoms with van der Waals surface area (Å²) in [7, 11) is 1.28. The van der Waals surface area contributed by atoms with Crippen molar-refractivity contribution in [3.63, 3.8) is 0 Å². The van der Waals surface area contributed by atoms with E-state index in [1.165, 1.54) is 19.2 Å². The van der Waals surface area contributed by atoms with Crippen LogP contribution in [0.1, 0.15) is 58.1 Å². The monoisotopic (exact) mass is 400 g/mol. The summed E-state index contributed by atoms with van der Waals surface area (Å²) >= 11 is 0. The van der Waals surface area contributed by atoms with Crippen molar-refractivity contribution in [2.24, 2.45) is 0 Å². The number of hydrogen-bond acceptors (Lipinski definition) is 6. The van der Waals surface area contributed by atoms with E-state index in [2.05, 4.69) is 4.74 Å². The molecule has 0 saturated carbocycles. The van der Waals surface area contributed by atoms with Crippen molar-refractivity contribution in [3.05, 3.63) is 106 Å². The molecule has 3 aromatic carbocycles. The van der Waals surface area contributed by atoms with Crippen LogP contribution < -0.4 is 0 Å². The second kappa shape index (κ2) is 7.75. The Hall–Kier alpha value is -4.06. The summed E-state index contributed by atoms with van der Waals surface area (Å²) in [6.07, 6.45) is 0. The van der Waals surface area contributed by atoms with Crippen LogP contribution in [0.3, 0.4) is 0 Å². The molecule has 1 aliphatic carbocycles. The third-order valence-electron chi connectivity index (χ3n) is 4.89. The van der Waals surface area contributed by atoms with Gasteiger partial charge in [0.15, 0.2) is 11.6 Å². The number of carbonyl (C=O) groups excluding carboxylic acids is 4. The van der Waals surface area contributed by atoms with E-state index in [1.807, 2.05) is 0 Å². The molecule has 0 bridgehead atoms. The van der Waals surface area contributed by atoms with E-state index in [9.17, 15) is 19.2 Å². The zero-order valence-electron chi connectivity index (χ0n) is 16.0. The van der Waals surface area contributed by atoms with E-state index >= 15 is 0 Å². The molecule has 0 aromatic heterocycles. The summed E-state index contributed by atoms with van der Waals surface area (Å²) in [5.41, 5.74) is 1.77. The molecule has 0 heterocycles. The number of rotatable bonds is 4. The smallest absolute Gasteiger partial charge is 0.339 e. The molecule has 6 nitrogen and oxygen atoms in total. The van der Waals surface area contributed by atoms with Gasteiger partial charge < -0.3 is 9.47 Å². The van der Waals surface area contributed by atoms with Gasteiger partial charge in [-0.1, -0.05) is 48.5 Å². The number of ether oxygens (including phenoxy) is 2. The highest BCUT2D eigenvalue weighted by atomic mass is 16.5. The normalized spacial score (nSPS) is 12.0. The van der Waals surface area contributed by atoms with Crippen molar-refractivity contribution in [3.8, 4) is 0 Å². The molecule has 0 fully saturated rings. The molecule has 0 radical (unpaired) electrons. The maximum atomic E-state index is 13.0.